The number of rotatable bonds is 6. The van der Waals surface area contributed by atoms with Gasteiger partial charge in [-0.1, -0.05) is 55.4 Å². The first-order valence-corrected chi connectivity index (χ1v) is 14.3. The van der Waals surface area contributed by atoms with E-state index in [2.05, 4.69) is 55.4 Å². The maximum atomic E-state index is 7.13. The Kier molecular flexibility index (Phi) is 7.45. The molecule has 0 aromatic rings. The van der Waals surface area contributed by atoms with Crippen molar-refractivity contribution >= 4 is 28.7 Å². The Balaban J connectivity index is 2.62. The lowest BCUT2D eigenvalue weighted by Gasteiger charge is -2.46. The fourth-order valence-electron chi connectivity index (χ4n) is 4.34. The Bertz CT molecular complexity index is 418. The second-order valence-electron chi connectivity index (χ2n) is 8.76. The summed E-state index contributed by atoms with van der Waals surface area (Å²) in [5, 5.41) is 0. The fraction of sp³-hybridized carbons (Fsp3) is 1.00. The zero-order valence-electron chi connectivity index (χ0n) is 17.7. The second kappa shape index (κ2) is 8.49. The highest BCUT2D eigenvalue weighted by molar-refractivity contribution is 6.84. The van der Waals surface area contributed by atoms with E-state index in [1.807, 2.05) is 0 Å². The van der Waals surface area contributed by atoms with E-state index >= 15 is 0 Å². The standard InChI is InChI=1S/C18H37ClO5Si2/c1-11(2)25(12(3)4)22-16-15(10-19)21-18(20-9)17(16)23-26(24-25,13(5)6)14(7)8/h11-18H,10H2,1-9H3/t15-,16-,17-,18-/m1/s1. The molecule has 2 rings (SSSR count). The third kappa shape index (κ3) is 3.70. The molecule has 5 nitrogen and oxygen atoms in total. The van der Waals surface area contributed by atoms with E-state index in [4.69, 9.17) is 34.0 Å². The smallest absolute Gasteiger partial charge is 0.335 e. The predicted octanol–water partition coefficient (Wildman–Crippen LogP) is 4.92. The van der Waals surface area contributed by atoms with Crippen LogP contribution in [0.25, 0.3) is 0 Å². The van der Waals surface area contributed by atoms with Crippen molar-refractivity contribution in [2.45, 2.75) is 102 Å². The van der Waals surface area contributed by atoms with Crippen molar-refractivity contribution in [1.29, 1.82) is 0 Å². The molecule has 2 fully saturated rings. The van der Waals surface area contributed by atoms with Crippen LogP contribution >= 0.6 is 11.6 Å². The van der Waals surface area contributed by atoms with Crippen LogP contribution in [0.5, 0.6) is 0 Å². The van der Waals surface area contributed by atoms with Crippen molar-refractivity contribution in [3.05, 3.63) is 0 Å². The van der Waals surface area contributed by atoms with Crippen LogP contribution < -0.4 is 0 Å². The Hall–Kier alpha value is 0.524. The molecule has 0 aromatic heterocycles. The molecule has 0 unspecified atom stereocenters. The predicted molar refractivity (Wildman–Crippen MR) is 109 cm³/mol. The van der Waals surface area contributed by atoms with Gasteiger partial charge < -0.3 is 22.4 Å². The van der Waals surface area contributed by atoms with Gasteiger partial charge in [-0.05, 0) is 22.2 Å². The van der Waals surface area contributed by atoms with Crippen LogP contribution in [0.2, 0.25) is 22.2 Å². The van der Waals surface area contributed by atoms with E-state index in [9.17, 15) is 0 Å². The summed E-state index contributed by atoms with van der Waals surface area (Å²) in [5.41, 5.74) is 1.18. The Labute approximate surface area is 166 Å². The van der Waals surface area contributed by atoms with Crippen molar-refractivity contribution in [2.24, 2.45) is 0 Å². The zero-order valence-corrected chi connectivity index (χ0v) is 20.5. The monoisotopic (exact) mass is 424 g/mol. The third-order valence-electron chi connectivity index (χ3n) is 5.83. The molecule has 0 amide bonds. The van der Waals surface area contributed by atoms with E-state index in [1.165, 1.54) is 0 Å². The first-order valence-electron chi connectivity index (χ1n) is 9.85. The molecule has 0 aromatic carbocycles. The highest BCUT2D eigenvalue weighted by Gasteiger charge is 2.64. The normalized spacial score (nSPS) is 33.9. The Morgan fingerprint density at radius 2 is 1.23 bits per heavy atom. The first kappa shape index (κ1) is 22.8. The van der Waals surface area contributed by atoms with Gasteiger partial charge in [0.25, 0.3) is 0 Å². The van der Waals surface area contributed by atoms with E-state index in [-0.39, 0.29) is 18.3 Å². The first-order chi connectivity index (χ1) is 12.1. The summed E-state index contributed by atoms with van der Waals surface area (Å²) in [7, 11) is -3.54. The minimum Gasteiger partial charge on any atom is -0.414 e. The van der Waals surface area contributed by atoms with E-state index in [0.717, 1.165) is 0 Å². The minimum atomic E-state index is -2.60. The van der Waals surface area contributed by atoms with E-state index in [0.29, 0.717) is 28.0 Å². The largest absolute Gasteiger partial charge is 0.414 e. The topological polar surface area (TPSA) is 46.2 Å². The average Bonchev–Trinajstić information content (AvgIpc) is 2.77. The zero-order chi connectivity index (χ0) is 19.9. The minimum absolute atomic E-state index is 0.247. The molecule has 2 aliphatic heterocycles. The number of hydrogen-bond acceptors (Lipinski definition) is 5. The number of ether oxygens (including phenoxy) is 2. The van der Waals surface area contributed by atoms with Gasteiger partial charge in [0, 0.05) is 7.11 Å². The van der Waals surface area contributed by atoms with Gasteiger partial charge >= 0.3 is 17.1 Å². The maximum absolute atomic E-state index is 7.13. The molecule has 154 valence electrons. The van der Waals surface area contributed by atoms with Gasteiger partial charge in [-0.2, -0.15) is 0 Å². The fourth-order valence-corrected chi connectivity index (χ4v) is 15.9. The van der Waals surface area contributed by atoms with Crippen molar-refractivity contribution in [3.8, 4) is 0 Å². The molecule has 26 heavy (non-hydrogen) atoms. The molecule has 0 saturated carbocycles. The summed E-state index contributed by atoms with van der Waals surface area (Å²) in [4.78, 5) is 0. The highest BCUT2D eigenvalue weighted by atomic mass is 35.5. The van der Waals surface area contributed by atoms with Crippen LogP contribution in [-0.2, 0) is 22.4 Å². The van der Waals surface area contributed by atoms with Gasteiger partial charge in [-0.15, -0.1) is 11.6 Å². The number of methoxy groups -OCH3 is 1. The summed E-state index contributed by atoms with van der Waals surface area (Å²) in [6.07, 6.45) is -1.27. The SMILES string of the molecule is CO[C@@H]1O[C@H](CCl)[C@H]2O[Si](C(C)C)(C(C)C)O[Si](C(C)C)(C(C)C)O[C@@H]12. The molecular formula is C18H37ClO5Si2. The van der Waals surface area contributed by atoms with Crippen molar-refractivity contribution in [2.75, 3.05) is 13.0 Å². The Morgan fingerprint density at radius 3 is 1.58 bits per heavy atom. The molecule has 0 aliphatic carbocycles. The van der Waals surface area contributed by atoms with Crippen LogP contribution in [0.1, 0.15) is 55.4 Å². The average molecular weight is 425 g/mol. The lowest BCUT2D eigenvalue weighted by atomic mass is 10.2. The molecule has 0 spiro atoms. The van der Waals surface area contributed by atoms with E-state index in [1.54, 1.807) is 7.11 Å². The summed E-state index contributed by atoms with van der Waals surface area (Å²) in [5.74, 6) is 0.350. The summed E-state index contributed by atoms with van der Waals surface area (Å²) in [6, 6.07) is 0. The van der Waals surface area contributed by atoms with Crippen molar-refractivity contribution in [1.82, 2.24) is 0 Å². The van der Waals surface area contributed by atoms with Gasteiger partial charge in [-0.25, -0.2) is 0 Å². The summed E-state index contributed by atoms with van der Waals surface area (Å²) < 4.78 is 32.5. The summed E-state index contributed by atoms with van der Waals surface area (Å²) >= 11 is 6.22. The molecule has 2 heterocycles. The summed E-state index contributed by atoms with van der Waals surface area (Å²) in [6.45, 7) is 17.7. The van der Waals surface area contributed by atoms with Gasteiger partial charge in [0.05, 0.1) is 5.88 Å². The van der Waals surface area contributed by atoms with Crippen LogP contribution in [0.3, 0.4) is 0 Å². The van der Waals surface area contributed by atoms with Crippen molar-refractivity contribution < 1.29 is 22.4 Å². The lowest BCUT2D eigenvalue weighted by molar-refractivity contribution is -0.144. The number of halogens is 1. The molecule has 2 saturated heterocycles. The third-order valence-corrected chi connectivity index (χ3v) is 16.4. The lowest BCUT2D eigenvalue weighted by Crippen LogP contribution is -2.60. The number of hydrogen-bond donors (Lipinski definition) is 0. The molecule has 0 bridgehead atoms. The van der Waals surface area contributed by atoms with Gasteiger partial charge in [0.2, 0.25) is 0 Å². The van der Waals surface area contributed by atoms with Crippen LogP contribution in [-0.4, -0.2) is 54.7 Å². The molecule has 4 atom stereocenters. The maximum Gasteiger partial charge on any atom is 0.335 e. The van der Waals surface area contributed by atoms with Crippen LogP contribution in [0, 0.1) is 0 Å². The van der Waals surface area contributed by atoms with Crippen molar-refractivity contribution in [3.63, 3.8) is 0 Å². The molecule has 8 heteroatoms. The number of fused-ring (bicyclic) bond motifs is 1. The van der Waals surface area contributed by atoms with Gasteiger partial charge in [0.15, 0.2) is 6.29 Å². The van der Waals surface area contributed by atoms with E-state index < -0.39 is 23.4 Å². The van der Waals surface area contributed by atoms with Crippen LogP contribution in [0.4, 0.5) is 0 Å². The molecular weight excluding hydrogens is 388 g/mol. The molecule has 0 N–H and O–H groups in total. The molecule has 2 aliphatic rings. The van der Waals surface area contributed by atoms with Crippen LogP contribution in [0.15, 0.2) is 0 Å². The highest BCUT2D eigenvalue weighted by Crippen LogP contribution is 2.50. The molecule has 0 radical (unpaired) electrons. The Morgan fingerprint density at radius 1 is 0.808 bits per heavy atom. The quantitative estimate of drug-likeness (QED) is 0.447. The van der Waals surface area contributed by atoms with Gasteiger partial charge in [-0.3, -0.25) is 0 Å². The van der Waals surface area contributed by atoms with Gasteiger partial charge in [0.1, 0.15) is 18.3 Å². The number of alkyl halides is 1. The second-order valence-corrected chi connectivity index (χ2v) is 17.9.